The zero-order valence-corrected chi connectivity index (χ0v) is 14.6. The molecule has 0 aromatic heterocycles. The lowest BCUT2D eigenvalue weighted by atomic mass is 9.87. The first-order valence-electron chi connectivity index (χ1n) is 8.70. The maximum absolute atomic E-state index is 12.5. The van der Waals surface area contributed by atoms with E-state index in [9.17, 15) is 9.59 Å². The smallest absolute Gasteiger partial charge is 0.261 e. The van der Waals surface area contributed by atoms with E-state index in [0.29, 0.717) is 11.3 Å². The summed E-state index contributed by atoms with van der Waals surface area (Å²) in [4.78, 5) is 24.0. The highest BCUT2D eigenvalue weighted by Gasteiger charge is 2.24. The highest BCUT2D eigenvalue weighted by atomic mass is 16.5. The largest absolute Gasteiger partial charge is 0.481 e. The number of rotatable bonds is 5. The van der Waals surface area contributed by atoms with Gasteiger partial charge in [0.1, 0.15) is 5.75 Å². The van der Waals surface area contributed by atoms with E-state index in [2.05, 4.69) is 17.4 Å². The van der Waals surface area contributed by atoms with Gasteiger partial charge in [0.2, 0.25) is 0 Å². The molecule has 1 amide bonds. The number of amides is 1. The van der Waals surface area contributed by atoms with Crippen LogP contribution >= 0.6 is 0 Å². The molecule has 3 rings (SSSR count). The molecule has 1 aliphatic carbocycles. The van der Waals surface area contributed by atoms with Gasteiger partial charge in [-0.25, -0.2) is 0 Å². The fraction of sp³-hybridized carbons (Fsp3) is 0.333. The molecule has 4 heteroatoms. The minimum absolute atomic E-state index is 0.0265. The highest BCUT2D eigenvalue weighted by molar-refractivity contribution is 5.94. The Morgan fingerprint density at radius 2 is 1.96 bits per heavy atom. The standard InChI is InChI=1S/C21H23NO3/c1-14(23)17-9-5-10-18(13-17)25-15(2)21(24)22-20-12-6-8-16-7-3-4-11-19(16)20/h3-5,7,9-11,13,15,20H,6,8,12H2,1-2H3,(H,22,24). The van der Waals surface area contributed by atoms with Crippen molar-refractivity contribution in [2.24, 2.45) is 0 Å². The van der Waals surface area contributed by atoms with Crippen molar-refractivity contribution in [3.63, 3.8) is 0 Å². The lowest BCUT2D eigenvalue weighted by molar-refractivity contribution is -0.128. The monoisotopic (exact) mass is 337 g/mol. The molecule has 0 saturated carbocycles. The molecule has 1 aliphatic rings. The number of aryl methyl sites for hydroxylation is 1. The lowest BCUT2D eigenvalue weighted by Crippen LogP contribution is -2.39. The van der Waals surface area contributed by atoms with Crippen molar-refractivity contribution in [1.82, 2.24) is 5.32 Å². The normalized spacial score (nSPS) is 17.3. The van der Waals surface area contributed by atoms with Crippen molar-refractivity contribution in [2.75, 3.05) is 0 Å². The van der Waals surface area contributed by atoms with Gasteiger partial charge in [0.15, 0.2) is 11.9 Å². The van der Waals surface area contributed by atoms with Crippen molar-refractivity contribution in [2.45, 2.75) is 45.3 Å². The second-order valence-electron chi connectivity index (χ2n) is 6.50. The van der Waals surface area contributed by atoms with E-state index < -0.39 is 6.10 Å². The number of Topliss-reactive ketones (excluding diaryl/α,β-unsaturated/α-hetero) is 1. The van der Waals surface area contributed by atoms with Gasteiger partial charge in [-0.3, -0.25) is 9.59 Å². The Morgan fingerprint density at radius 3 is 2.76 bits per heavy atom. The molecule has 25 heavy (non-hydrogen) atoms. The van der Waals surface area contributed by atoms with Crippen molar-refractivity contribution >= 4 is 11.7 Å². The van der Waals surface area contributed by atoms with Gasteiger partial charge in [-0.1, -0.05) is 36.4 Å². The van der Waals surface area contributed by atoms with E-state index in [1.54, 1.807) is 31.2 Å². The molecule has 2 aromatic rings. The summed E-state index contributed by atoms with van der Waals surface area (Å²) < 4.78 is 5.73. The number of hydrogen-bond acceptors (Lipinski definition) is 3. The Hall–Kier alpha value is -2.62. The van der Waals surface area contributed by atoms with Crippen LogP contribution in [-0.4, -0.2) is 17.8 Å². The fourth-order valence-electron chi connectivity index (χ4n) is 3.24. The third-order valence-corrected chi connectivity index (χ3v) is 4.61. The van der Waals surface area contributed by atoms with Crippen LogP contribution in [0.1, 0.15) is 54.2 Å². The summed E-state index contributed by atoms with van der Waals surface area (Å²) in [5, 5.41) is 3.10. The summed E-state index contributed by atoms with van der Waals surface area (Å²) in [6.07, 6.45) is 2.44. The first-order chi connectivity index (χ1) is 12.0. The average Bonchev–Trinajstić information content (AvgIpc) is 2.62. The molecule has 0 bridgehead atoms. The number of nitrogens with one attached hydrogen (secondary N) is 1. The van der Waals surface area contributed by atoms with Crippen LogP contribution in [-0.2, 0) is 11.2 Å². The van der Waals surface area contributed by atoms with Crippen LogP contribution in [0.5, 0.6) is 5.75 Å². The van der Waals surface area contributed by atoms with Crippen molar-refractivity contribution in [3.05, 3.63) is 65.2 Å². The predicted molar refractivity (Wildman–Crippen MR) is 96.8 cm³/mol. The fourth-order valence-corrected chi connectivity index (χ4v) is 3.24. The first-order valence-corrected chi connectivity index (χ1v) is 8.70. The van der Waals surface area contributed by atoms with Crippen LogP contribution in [0.3, 0.4) is 0 Å². The van der Waals surface area contributed by atoms with E-state index in [1.165, 1.54) is 18.1 Å². The van der Waals surface area contributed by atoms with E-state index in [4.69, 9.17) is 4.74 Å². The van der Waals surface area contributed by atoms with Gasteiger partial charge in [0, 0.05) is 5.56 Å². The molecule has 2 unspecified atom stereocenters. The highest BCUT2D eigenvalue weighted by Crippen LogP contribution is 2.29. The van der Waals surface area contributed by atoms with Crippen LogP contribution in [0.2, 0.25) is 0 Å². The molecule has 0 radical (unpaired) electrons. The number of benzene rings is 2. The maximum Gasteiger partial charge on any atom is 0.261 e. The molecule has 0 fully saturated rings. The quantitative estimate of drug-likeness (QED) is 0.843. The SMILES string of the molecule is CC(=O)c1cccc(OC(C)C(=O)NC2CCCc3ccccc32)c1. The Labute approximate surface area is 148 Å². The second kappa shape index (κ2) is 7.51. The number of ketones is 1. The molecule has 0 spiro atoms. The summed E-state index contributed by atoms with van der Waals surface area (Å²) in [5.41, 5.74) is 3.08. The molecule has 2 aromatic carbocycles. The molecule has 130 valence electrons. The lowest BCUT2D eigenvalue weighted by Gasteiger charge is -2.27. The van der Waals surface area contributed by atoms with Gasteiger partial charge in [-0.15, -0.1) is 0 Å². The van der Waals surface area contributed by atoms with Crippen molar-refractivity contribution < 1.29 is 14.3 Å². The van der Waals surface area contributed by atoms with Crippen LogP contribution in [0.25, 0.3) is 0 Å². The Morgan fingerprint density at radius 1 is 1.16 bits per heavy atom. The number of carbonyl (C=O) groups excluding carboxylic acids is 2. The van der Waals surface area contributed by atoms with Crippen molar-refractivity contribution in [1.29, 1.82) is 0 Å². The minimum Gasteiger partial charge on any atom is -0.481 e. The number of carbonyl (C=O) groups is 2. The van der Waals surface area contributed by atoms with E-state index in [-0.39, 0.29) is 17.7 Å². The van der Waals surface area contributed by atoms with Crippen LogP contribution < -0.4 is 10.1 Å². The minimum atomic E-state index is -0.628. The molecule has 0 aliphatic heterocycles. The van der Waals surface area contributed by atoms with Gasteiger partial charge in [0.05, 0.1) is 6.04 Å². The molecule has 0 heterocycles. The second-order valence-corrected chi connectivity index (χ2v) is 6.50. The number of ether oxygens (including phenoxy) is 1. The zero-order valence-electron chi connectivity index (χ0n) is 14.6. The molecule has 0 saturated heterocycles. The van der Waals surface area contributed by atoms with E-state index in [0.717, 1.165) is 19.3 Å². The summed E-state index contributed by atoms with van der Waals surface area (Å²) >= 11 is 0. The third kappa shape index (κ3) is 4.08. The van der Waals surface area contributed by atoms with Gasteiger partial charge in [-0.05, 0) is 56.4 Å². The van der Waals surface area contributed by atoms with Crippen LogP contribution in [0, 0.1) is 0 Å². The summed E-state index contributed by atoms with van der Waals surface area (Å²) in [5.74, 6) is 0.357. The maximum atomic E-state index is 12.5. The molecular weight excluding hydrogens is 314 g/mol. The Balaban J connectivity index is 1.66. The van der Waals surface area contributed by atoms with E-state index in [1.807, 2.05) is 12.1 Å². The van der Waals surface area contributed by atoms with Gasteiger partial charge >= 0.3 is 0 Å². The predicted octanol–water partition coefficient (Wildman–Crippen LogP) is 3.85. The van der Waals surface area contributed by atoms with Gasteiger partial charge in [0.25, 0.3) is 5.91 Å². The number of hydrogen-bond donors (Lipinski definition) is 1. The molecular formula is C21H23NO3. The molecule has 1 N–H and O–H groups in total. The molecule has 2 atom stereocenters. The average molecular weight is 337 g/mol. The molecule has 4 nitrogen and oxygen atoms in total. The summed E-state index contributed by atoms with van der Waals surface area (Å²) in [6, 6.07) is 15.2. The van der Waals surface area contributed by atoms with Crippen LogP contribution in [0.15, 0.2) is 48.5 Å². The summed E-state index contributed by atoms with van der Waals surface area (Å²) in [7, 11) is 0. The van der Waals surface area contributed by atoms with Crippen LogP contribution in [0.4, 0.5) is 0 Å². The Kier molecular flexibility index (Phi) is 5.17. The van der Waals surface area contributed by atoms with E-state index >= 15 is 0 Å². The first kappa shape index (κ1) is 17.2. The van der Waals surface area contributed by atoms with Gasteiger partial charge in [-0.2, -0.15) is 0 Å². The number of fused-ring (bicyclic) bond motifs is 1. The Bertz CT molecular complexity index is 784. The van der Waals surface area contributed by atoms with Crippen molar-refractivity contribution in [3.8, 4) is 5.75 Å². The third-order valence-electron chi connectivity index (χ3n) is 4.61. The summed E-state index contributed by atoms with van der Waals surface area (Å²) in [6.45, 7) is 3.24. The topological polar surface area (TPSA) is 55.4 Å². The van der Waals surface area contributed by atoms with Gasteiger partial charge < -0.3 is 10.1 Å². The zero-order chi connectivity index (χ0) is 17.8.